The first kappa shape index (κ1) is 15.6. The van der Waals surface area contributed by atoms with Crippen molar-refractivity contribution in [3.63, 3.8) is 0 Å². The summed E-state index contributed by atoms with van der Waals surface area (Å²) in [6.45, 7) is 0. The van der Waals surface area contributed by atoms with Gasteiger partial charge in [-0.05, 0) is 36.4 Å². The lowest BCUT2D eigenvalue weighted by Gasteiger charge is -2.09. The Kier molecular flexibility index (Phi) is 4.96. The van der Waals surface area contributed by atoms with Crippen LogP contribution in [0, 0.1) is 22.7 Å². The second-order valence-electron chi connectivity index (χ2n) is 4.35. The van der Waals surface area contributed by atoms with Crippen LogP contribution in [0.1, 0.15) is 10.4 Å². The molecule has 0 saturated heterocycles. The summed E-state index contributed by atoms with van der Waals surface area (Å²) in [5.41, 5.74) is 0.692. The molecule has 2 aromatic rings. The number of nitriles is 2. The molecule has 0 unspecified atom stereocenters. The van der Waals surface area contributed by atoms with E-state index in [1.165, 1.54) is 12.3 Å². The number of hydrogen-bond donors (Lipinski definition) is 2. The van der Waals surface area contributed by atoms with E-state index >= 15 is 0 Å². The summed E-state index contributed by atoms with van der Waals surface area (Å²) in [5, 5.41) is 29.2. The topological polar surface area (TPSA) is 106 Å². The van der Waals surface area contributed by atoms with Gasteiger partial charge in [-0.1, -0.05) is 12.1 Å². The van der Waals surface area contributed by atoms with Gasteiger partial charge >= 0.3 is 5.97 Å². The van der Waals surface area contributed by atoms with Crippen LogP contribution in [-0.4, -0.2) is 11.1 Å². The molecule has 112 valence electrons. The highest BCUT2D eigenvalue weighted by atomic mass is 16.5. The Morgan fingerprint density at radius 1 is 1.09 bits per heavy atom. The van der Waals surface area contributed by atoms with Crippen molar-refractivity contribution in [1.82, 2.24) is 0 Å². The number of hydrogen-bond acceptors (Lipinski definition) is 5. The fourth-order valence-corrected chi connectivity index (χ4v) is 1.72. The van der Waals surface area contributed by atoms with Crippen molar-refractivity contribution in [2.75, 3.05) is 5.32 Å². The molecule has 2 N–H and O–H groups in total. The van der Waals surface area contributed by atoms with Crippen molar-refractivity contribution in [1.29, 1.82) is 10.5 Å². The van der Waals surface area contributed by atoms with E-state index in [1.807, 2.05) is 0 Å². The number of aromatic carboxylic acids is 1. The third-order valence-electron chi connectivity index (χ3n) is 2.82. The summed E-state index contributed by atoms with van der Waals surface area (Å²) in [5.74, 6) is -0.351. The maximum atomic E-state index is 11.1. The van der Waals surface area contributed by atoms with Crippen molar-refractivity contribution in [3.05, 3.63) is 65.9 Å². The molecule has 23 heavy (non-hydrogen) atoms. The van der Waals surface area contributed by atoms with Crippen LogP contribution in [0.15, 0.2) is 60.3 Å². The van der Waals surface area contributed by atoms with Gasteiger partial charge in [-0.15, -0.1) is 0 Å². The highest BCUT2D eigenvalue weighted by molar-refractivity contribution is 5.90. The summed E-state index contributed by atoms with van der Waals surface area (Å²) in [7, 11) is 0. The number of nitrogens with one attached hydrogen (secondary N) is 1. The van der Waals surface area contributed by atoms with Gasteiger partial charge < -0.3 is 15.2 Å². The van der Waals surface area contributed by atoms with Gasteiger partial charge in [-0.3, -0.25) is 0 Å². The lowest BCUT2D eigenvalue weighted by Crippen LogP contribution is -1.99. The number of ether oxygens (including phenoxy) is 1. The number of carboxylic acid groups (broad SMARTS) is 1. The highest BCUT2D eigenvalue weighted by Crippen LogP contribution is 2.26. The lowest BCUT2D eigenvalue weighted by atomic mass is 10.2. The normalized spacial score (nSPS) is 9.13. The number of benzene rings is 2. The van der Waals surface area contributed by atoms with E-state index in [4.69, 9.17) is 20.4 Å². The van der Waals surface area contributed by atoms with Gasteiger partial charge in [0.05, 0.1) is 0 Å². The molecule has 0 saturated carbocycles. The molecule has 0 heterocycles. The third-order valence-corrected chi connectivity index (χ3v) is 2.82. The molecule has 6 nitrogen and oxygen atoms in total. The largest absolute Gasteiger partial charge is 0.478 e. The molecule has 0 aliphatic rings. The van der Waals surface area contributed by atoms with E-state index in [0.29, 0.717) is 11.4 Å². The molecular formula is C17H11N3O3. The van der Waals surface area contributed by atoms with Gasteiger partial charge in [0.25, 0.3) is 0 Å². The van der Waals surface area contributed by atoms with Crippen LogP contribution in [0.25, 0.3) is 0 Å². The van der Waals surface area contributed by atoms with Crippen molar-refractivity contribution >= 4 is 11.7 Å². The predicted molar refractivity (Wildman–Crippen MR) is 82.8 cm³/mol. The number of carbonyl (C=O) groups is 1. The molecule has 0 spiro atoms. The van der Waals surface area contributed by atoms with Crippen LogP contribution >= 0.6 is 0 Å². The first-order valence-corrected chi connectivity index (χ1v) is 6.51. The van der Waals surface area contributed by atoms with Crippen LogP contribution < -0.4 is 10.1 Å². The second-order valence-corrected chi connectivity index (χ2v) is 4.35. The molecular weight excluding hydrogens is 294 g/mol. The molecule has 0 radical (unpaired) electrons. The second kappa shape index (κ2) is 7.30. The van der Waals surface area contributed by atoms with Crippen LogP contribution in [0.4, 0.5) is 5.69 Å². The molecule has 0 aliphatic heterocycles. The maximum Gasteiger partial charge on any atom is 0.339 e. The Bertz CT molecular complexity index is 811. The number of allylic oxidation sites excluding steroid dienone is 1. The zero-order valence-corrected chi connectivity index (χ0v) is 11.9. The predicted octanol–water partition coefficient (Wildman–Crippen LogP) is 3.52. The van der Waals surface area contributed by atoms with Gasteiger partial charge in [0.1, 0.15) is 34.8 Å². The Morgan fingerprint density at radius 2 is 1.74 bits per heavy atom. The number of rotatable bonds is 5. The summed E-state index contributed by atoms with van der Waals surface area (Å²) in [6, 6.07) is 16.5. The Hall–Kier alpha value is -3.77. The first-order valence-electron chi connectivity index (χ1n) is 6.51. The Labute approximate surface area is 132 Å². The van der Waals surface area contributed by atoms with E-state index in [1.54, 1.807) is 54.6 Å². The summed E-state index contributed by atoms with van der Waals surface area (Å²) in [4.78, 5) is 11.1. The fourth-order valence-electron chi connectivity index (χ4n) is 1.72. The molecule has 6 heteroatoms. The third kappa shape index (κ3) is 4.10. The average Bonchev–Trinajstić information content (AvgIpc) is 2.57. The van der Waals surface area contributed by atoms with E-state index < -0.39 is 5.97 Å². The zero-order chi connectivity index (χ0) is 16.7. The summed E-state index contributed by atoms with van der Waals surface area (Å²) < 4.78 is 5.57. The van der Waals surface area contributed by atoms with Crippen molar-refractivity contribution in [2.24, 2.45) is 0 Å². The van der Waals surface area contributed by atoms with Crippen molar-refractivity contribution < 1.29 is 14.6 Å². The minimum Gasteiger partial charge on any atom is -0.478 e. The number of nitrogens with zero attached hydrogens (tertiary/aromatic N) is 2. The minimum absolute atomic E-state index is 0.0410. The molecule has 0 fully saturated rings. The fraction of sp³-hybridized carbons (Fsp3) is 0. The average molecular weight is 305 g/mol. The number of carboxylic acids is 1. The molecule has 2 rings (SSSR count). The molecule has 0 amide bonds. The van der Waals surface area contributed by atoms with E-state index in [2.05, 4.69) is 5.32 Å². The monoisotopic (exact) mass is 305 g/mol. The Morgan fingerprint density at radius 3 is 2.35 bits per heavy atom. The number of anilines is 1. The van der Waals surface area contributed by atoms with Crippen molar-refractivity contribution in [3.8, 4) is 23.6 Å². The van der Waals surface area contributed by atoms with Gasteiger partial charge in [0.15, 0.2) is 0 Å². The van der Waals surface area contributed by atoms with Crippen molar-refractivity contribution in [2.45, 2.75) is 0 Å². The van der Waals surface area contributed by atoms with Crippen LogP contribution in [0.3, 0.4) is 0 Å². The molecule has 0 aliphatic carbocycles. The molecule has 2 aromatic carbocycles. The maximum absolute atomic E-state index is 11.1. The minimum atomic E-state index is -1.07. The molecule has 0 aromatic heterocycles. The van der Waals surface area contributed by atoms with Crippen LogP contribution in [0.2, 0.25) is 0 Å². The van der Waals surface area contributed by atoms with E-state index in [9.17, 15) is 4.79 Å². The SMILES string of the molecule is N#CC(C#N)=CNc1ccc(Oc2ccccc2C(=O)O)cc1. The molecule has 0 atom stereocenters. The zero-order valence-electron chi connectivity index (χ0n) is 11.9. The van der Waals surface area contributed by atoms with E-state index in [-0.39, 0.29) is 16.9 Å². The Balaban J connectivity index is 2.13. The lowest BCUT2D eigenvalue weighted by molar-refractivity contribution is 0.0694. The smallest absolute Gasteiger partial charge is 0.339 e. The van der Waals surface area contributed by atoms with Gasteiger partial charge in [0, 0.05) is 11.9 Å². The number of para-hydroxylation sites is 1. The summed E-state index contributed by atoms with van der Waals surface area (Å²) in [6.07, 6.45) is 1.30. The van der Waals surface area contributed by atoms with Gasteiger partial charge in [-0.25, -0.2) is 4.79 Å². The van der Waals surface area contributed by atoms with Gasteiger partial charge in [0.2, 0.25) is 0 Å². The van der Waals surface area contributed by atoms with Gasteiger partial charge in [-0.2, -0.15) is 10.5 Å². The summed E-state index contributed by atoms with van der Waals surface area (Å²) >= 11 is 0. The van der Waals surface area contributed by atoms with Crippen LogP contribution in [-0.2, 0) is 0 Å². The quantitative estimate of drug-likeness (QED) is 0.818. The highest BCUT2D eigenvalue weighted by Gasteiger charge is 2.10. The first-order chi connectivity index (χ1) is 11.1. The van der Waals surface area contributed by atoms with Crippen LogP contribution in [0.5, 0.6) is 11.5 Å². The molecule has 0 bridgehead atoms. The standard InChI is InChI=1S/C17H11N3O3/c18-9-12(10-19)11-20-13-5-7-14(8-6-13)23-16-4-2-1-3-15(16)17(21)22/h1-8,11,20H,(H,21,22). The van der Waals surface area contributed by atoms with E-state index in [0.717, 1.165) is 0 Å².